The SMILES string of the molecule is Cc1ccc(-c2ccc(-c3nc(-c4ccccc4)nc(-c4ccc(C(=C(c5ccccc5)c5ccccc5)c5ccccc5)cc4)n3)cc2)c(C)n1. The Balaban J connectivity index is 1.24. The highest BCUT2D eigenvalue weighted by molar-refractivity contribution is 6.04. The Morgan fingerprint density at radius 2 is 0.654 bits per heavy atom. The third kappa shape index (κ3) is 6.83. The first-order valence-corrected chi connectivity index (χ1v) is 17.5. The highest BCUT2D eigenvalue weighted by atomic mass is 15.0. The number of nitrogens with zero attached hydrogens (tertiary/aromatic N) is 4. The highest BCUT2D eigenvalue weighted by Gasteiger charge is 2.18. The van der Waals surface area contributed by atoms with Gasteiger partial charge in [-0.05, 0) is 58.9 Å². The molecule has 4 nitrogen and oxygen atoms in total. The van der Waals surface area contributed by atoms with Crippen molar-refractivity contribution in [1.29, 1.82) is 0 Å². The van der Waals surface area contributed by atoms with Crippen molar-refractivity contribution in [2.45, 2.75) is 13.8 Å². The van der Waals surface area contributed by atoms with Crippen LogP contribution >= 0.6 is 0 Å². The standard InChI is InChI=1S/C48H36N4/c1-33-23-32-43(34(2)49-33)35-24-28-41(29-25-35)47-50-46(40-21-13-6-14-22-40)51-48(52-47)42-30-26-39(27-31-42)45(38-19-11-5-12-20-38)44(36-15-7-3-8-16-36)37-17-9-4-10-18-37/h3-32H,1-2H3. The molecule has 0 radical (unpaired) electrons. The molecule has 2 heterocycles. The Bertz CT molecular complexity index is 2430. The van der Waals surface area contributed by atoms with Gasteiger partial charge in [0.15, 0.2) is 17.5 Å². The van der Waals surface area contributed by atoms with Crippen LogP contribution < -0.4 is 0 Å². The van der Waals surface area contributed by atoms with E-state index in [2.05, 4.69) is 164 Å². The molecule has 0 amide bonds. The smallest absolute Gasteiger partial charge is 0.164 e. The first-order chi connectivity index (χ1) is 25.6. The average molecular weight is 669 g/mol. The van der Waals surface area contributed by atoms with Gasteiger partial charge in [-0.3, -0.25) is 4.98 Å². The summed E-state index contributed by atoms with van der Waals surface area (Å²) in [5.41, 5.74) is 13.9. The Morgan fingerprint density at radius 3 is 1.08 bits per heavy atom. The van der Waals surface area contributed by atoms with Crippen molar-refractivity contribution in [3.05, 3.63) is 216 Å². The van der Waals surface area contributed by atoms with Crippen LogP contribution in [-0.2, 0) is 0 Å². The molecule has 6 aromatic carbocycles. The second-order valence-electron chi connectivity index (χ2n) is 12.8. The molecule has 8 rings (SSSR count). The van der Waals surface area contributed by atoms with Gasteiger partial charge in [0.05, 0.1) is 0 Å². The average Bonchev–Trinajstić information content (AvgIpc) is 3.21. The van der Waals surface area contributed by atoms with E-state index in [1.807, 2.05) is 37.3 Å². The van der Waals surface area contributed by atoms with E-state index in [1.165, 1.54) is 5.57 Å². The van der Waals surface area contributed by atoms with Crippen molar-refractivity contribution in [1.82, 2.24) is 19.9 Å². The molecule has 0 aliphatic heterocycles. The van der Waals surface area contributed by atoms with Crippen LogP contribution in [0.5, 0.6) is 0 Å². The largest absolute Gasteiger partial charge is 0.258 e. The number of aryl methyl sites for hydroxylation is 2. The van der Waals surface area contributed by atoms with Crippen LogP contribution in [0.3, 0.4) is 0 Å². The van der Waals surface area contributed by atoms with Gasteiger partial charge in [-0.25, -0.2) is 15.0 Å². The first kappa shape index (κ1) is 32.4. The molecule has 0 aliphatic carbocycles. The summed E-state index contributed by atoms with van der Waals surface area (Å²) in [5.74, 6) is 1.88. The summed E-state index contributed by atoms with van der Waals surface area (Å²) in [7, 11) is 0. The molecule has 2 aromatic heterocycles. The van der Waals surface area contributed by atoms with Crippen LogP contribution in [0.15, 0.2) is 182 Å². The second-order valence-corrected chi connectivity index (χ2v) is 12.8. The summed E-state index contributed by atoms with van der Waals surface area (Å²) < 4.78 is 0. The normalized spacial score (nSPS) is 10.9. The van der Waals surface area contributed by atoms with Crippen molar-refractivity contribution >= 4 is 11.1 Å². The second kappa shape index (κ2) is 14.6. The van der Waals surface area contributed by atoms with Gasteiger partial charge in [0.1, 0.15) is 0 Å². The summed E-state index contributed by atoms with van der Waals surface area (Å²) in [4.78, 5) is 19.7. The molecule has 4 heteroatoms. The van der Waals surface area contributed by atoms with Crippen molar-refractivity contribution in [2.24, 2.45) is 0 Å². The van der Waals surface area contributed by atoms with Gasteiger partial charge in [-0.1, -0.05) is 176 Å². The van der Waals surface area contributed by atoms with Crippen LogP contribution in [-0.4, -0.2) is 19.9 Å². The molecule has 0 saturated heterocycles. The first-order valence-electron chi connectivity index (χ1n) is 17.5. The van der Waals surface area contributed by atoms with E-state index in [1.54, 1.807) is 0 Å². The molecule has 0 aliphatic rings. The van der Waals surface area contributed by atoms with Crippen molar-refractivity contribution in [2.75, 3.05) is 0 Å². The third-order valence-corrected chi connectivity index (χ3v) is 9.22. The topological polar surface area (TPSA) is 51.6 Å². The Morgan fingerprint density at radius 1 is 0.308 bits per heavy atom. The fourth-order valence-corrected chi connectivity index (χ4v) is 6.65. The minimum absolute atomic E-state index is 0.620. The zero-order chi connectivity index (χ0) is 35.3. The maximum Gasteiger partial charge on any atom is 0.164 e. The summed E-state index contributed by atoms with van der Waals surface area (Å²) >= 11 is 0. The van der Waals surface area contributed by atoms with Gasteiger partial charge in [0.25, 0.3) is 0 Å². The number of aromatic nitrogens is 4. The number of hydrogen-bond donors (Lipinski definition) is 0. The number of pyridine rings is 1. The lowest BCUT2D eigenvalue weighted by Gasteiger charge is -2.18. The Kier molecular flexibility index (Phi) is 9.10. The van der Waals surface area contributed by atoms with Crippen LogP contribution in [0.25, 0.3) is 56.4 Å². The molecule has 52 heavy (non-hydrogen) atoms. The Labute approximate surface area is 304 Å². The maximum atomic E-state index is 5.05. The summed E-state index contributed by atoms with van der Waals surface area (Å²) in [6, 6.07) is 63.1. The number of rotatable bonds is 8. The van der Waals surface area contributed by atoms with E-state index in [4.69, 9.17) is 15.0 Å². The van der Waals surface area contributed by atoms with Crippen LogP contribution in [0.2, 0.25) is 0 Å². The van der Waals surface area contributed by atoms with Crippen molar-refractivity contribution < 1.29 is 0 Å². The van der Waals surface area contributed by atoms with E-state index in [0.717, 1.165) is 67.0 Å². The minimum Gasteiger partial charge on any atom is -0.258 e. The molecule has 248 valence electrons. The van der Waals surface area contributed by atoms with Crippen LogP contribution in [0.1, 0.15) is 33.6 Å². The van der Waals surface area contributed by atoms with Crippen LogP contribution in [0, 0.1) is 13.8 Å². The fraction of sp³-hybridized carbons (Fsp3) is 0.0417. The predicted octanol–water partition coefficient (Wildman–Crippen LogP) is 11.6. The fourth-order valence-electron chi connectivity index (χ4n) is 6.65. The maximum absolute atomic E-state index is 5.05. The molecule has 0 unspecified atom stereocenters. The van der Waals surface area contributed by atoms with Gasteiger partial charge in [-0.2, -0.15) is 0 Å². The summed E-state index contributed by atoms with van der Waals surface area (Å²) in [6.45, 7) is 4.07. The zero-order valence-corrected chi connectivity index (χ0v) is 29.1. The summed E-state index contributed by atoms with van der Waals surface area (Å²) in [6.07, 6.45) is 0. The van der Waals surface area contributed by atoms with Gasteiger partial charge < -0.3 is 0 Å². The number of benzene rings is 6. The zero-order valence-electron chi connectivity index (χ0n) is 29.1. The van der Waals surface area contributed by atoms with Gasteiger partial charge in [0, 0.05) is 33.6 Å². The highest BCUT2D eigenvalue weighted by Crippen LogP contribution is 2.37. The summed E-state index contributed by atoms with van der Waals surface area (Å²) in [5, 5.41) is 0. The van der Waals surface area contributed by atoms with Crippen molar-refractivity contribution in [3.8, 4) is 45.3 Å². The van der Waals surface area contributed by atoms with E-state index in [0.29, 0.717) is 17.5 Å². The van der Waals surface area contributed by atoms with E-state index < -0.39 is 0 Å². The van der Waals surface area contributed by atoms with Crippen molar-refractivity contribution in [3.63, 3.8) is 0 Å². The third-order valence-electron chi connectivity index (χ3n) is 9.22. The molecule has 0 atom stereocenters. The molecule has 8 aromatic rings. The van der Waals surface area contributed by atoms with Gasteiger partial charge >= 0.3 is 0 Å². The molecule has 0 bridgehead atoms. The molecule has 0 spiro atoms. The van der Waals surface area contributed by atoms with Gasteiger partial charge in [0.2, 0.25) is 0 Å². The van der Waals surface area contributed by atoms with Gasteiger partial charge in [-0.15, -0.1) is 0 Å². The molecule has 0 N–H and O–H groups in total. The lowest BCUT2D eigenvalue weighted by atomic mass is 9.85. The quantitative estimate of drug-likeness (QED) is 0.151. The molecular formula is C48H36N4. The van der Waals surface area contributed by atoms with E-state index in [9.17, 15) is 0 Å². The molecular weight excluding hydrogens is 633 g/mol. The molecule has 0 fully saturated rings. The minimum atomic E-state index is 0.620. The Hall–Kier alpha value is -6.78. The number of hydrogen-bond acceptors (Lipinski definition) is 4. The van der Waals surface area contributed by atoms with Crippen LogP contribution in [0.4, 0.5) is 0 Å². The predicted molar refractivity (Wildman–Crippen MR) is 213 cm³/mol. The monoisotopic (exact) mass is 668 g/mol. The lowest BCUT2D eigenvalue weighted by molar-refractivity contribution is 1.07. The van der Waals surface area contributed by atoms with E-state index in [-0.39, 0.29) is 0 Å². The lowest BCUT2D eigenvalue weighted by Crippen LogP contribution is -2.01. The van der Waals surface area contributed by atoms with E-state index >= 15 is 0 Å². The molecule has 0 saturated carbocycles.